The zero-order chi connectivity index (χ0) is 15.1. The van der Waals surface area contributed by atoms with Crippen LogP contribution in [0.1, 0.15) is 12.5 Å². The van der Waals surface area contributed by atoms with Crippen LogP contribution in [0.25, 0.3) is 0 Å². The standard InChI is InChI=1S/C14H16N2O4/c1-10(14(18)19-9-13(17)16(2)3)20-12-6-4-11(8-15)5-7-12/h4-7,10H,9H2,1-3H3/t10-/m0/s1. The van der Waals surface area contributed by atoms with Gasteiger partial charge in [-0.3, -0.25) is 4.79 Å². The molecule has 0 heterocycles. The monoisotopic (exact) mass is 276 g/mol. The van der Waals surface area contributed by atoms with Gasteiger partial charge in [0.15, 0.2) is 12.7 Å². The summed E-state index contributed by atoms with van der Waals surface area (Å²) in [5, 5.41) is 8.66. The van der Waals surface area contributed by atoms with Crippen molar-refractivity contribution in [1.29, 1.82) is 5.26 Å². The lowest BCUT2D eigenvalue weighted by Crippen LogP contribution is -2.32. The minimum absolute atomic E-state index is 0.302. The Balaban J connectivity index is 2.49. The van der Waals surface area contributed by atoms with Gasteiger partial charge < -0.3 is 14.4 Å². The smallest absolute Gasteiger partial charge is 0.347 e. The predicted octanol–water partition coefficient (Wildman–Crippen LogP) is 0.957. The van der Waals surface area contributed by atoms with E-state index in [9.17, 15) is 9.59 Å². The second-order valence-corrected chi connectivity index (χ2v) is 4.29. The van der Waals surface area contributed by atoms with Gasteiger partial charge in [0.25, 0.3) is 5.91 Å². The second kappa shape index (κ2) is 7.14. The zero-order valence-electron chi connectivity index (χ0n) is 11.6. The fraction of sp³-hybridized carbons (Fsp3) is 0.357. The van der Waals surface area contributed by atoms with Crippen LogP contribution < -0.4 is 4.74 Å². The Labute approximate surface area is 117 Å². The van der Waals surface area contributed by atoms with Crippen LogP contribution in [-0.2, 0) is 14.3 Å². The van der Waals surface area contributed by atoms with Crippen LogP contribution in [0.5, 0.6) is 5.75 Å². The van der Waals surface area contributed by atoms with Gasteiger partial charge in [-0.25, -0.2) is 4.79 Å². The molecule has 0 aliphatic rings. The maximum absolute atomic E-state index is 11.6. The molecule has 0 saturated carbocycles. The molecule has 0 unspecified atom stereocenters. The quantitative estimate of drug-likeness (QED) is 0.748. The first-order valence-electron chi connectivity index (χ1n) is 5.97. The Hall–Kier alpha value is -2.55. The summed E-state index contributed by atoms with van der Waals surface area (Å²) in [5.74, 6) is -0.471. The lowest BCUT2D eigenvalue weighted by Gasteiger charge is -2.15. The summed E-state index contributed by atoms with van der Waals surface area (Å²) < 4.78 is 10.2. The number of nitriles is 1. The molecule has 0 fully saturated rings. The van der Waals surface area contributed by atoms with Gasteiger partial charge in [0, 0.05) is 14.1 Å². The topological polar surface area (TPSA) is 79.6 Å². The summed E-state index contributed by atoms with van der Waals surface area (Å²) in [6.07, 6.45) is -0.835. The minimum atomic E-state index is -0.835. The number of hydrogen-bond acceptors (Lipinski definition) is 5. The third kappa shape index (κ3) is 4.61. The van der Waals surface area contributed by atoms with Crippen LogP contribution in [0, 0.1) is 11.3 Å². The maximum Gasteiger partial charge on any atom is 0.347 e. The SMILES string of the molecule is C[C@H](Oc1ccc(C#N)cc1)C(=O)OCC(=O)N(C)C. The van der Waals surface area contributed by atoms with Crippen molar-refractivity contribution in [1.82, 2.24) is 4.90 Å². The molecule has 0 aliphatic heterocycles. The van der Waals surface area contributed by atoms with Gasteiger partial charge in [-0.1, -0.05) is 0 Å². The molecule has 6 heteroatoms. The molecule has 1 atom stereocenters. The number of amides is 1. The summed E-state index contributed by atoms with van der Waals surface area (Å²) >= 11 is 0. The summed E-state index contributed by atoms with van der Waals surface area (Å²) in [4.78, 5) is 24.2. The Morgan fingerprint density at radius 3 is 2.40 bits per heavy atom. The molecule has 0 saturated heterocycles. The third-order valence-corrected chi connectivity index (χ3v) is 2.46. The van der Waals surface area contributed by atoms with Crippen molar-refractivity contribution in [2.45, 2.75) is 13.0 Å². The van der Waals surface area contributed by atoms with Crippen molar-refractivity contribution >= 4 is 11.9 Å². The number of benzene rings is 1. The summed E-state index contributed by atoms with van der Waals surface area (Å²) in [5.41, 5.74) is 0.504. The van der Waals surface area contributed by atoms with Crippen LogP contribution in [-0.4, -0.2) is 43.6 Å². The number of rotatable bonds is 5. The maximum atomic E-state index is 11.6. The summed E-state index contributed by atoms with van der Waals surface area (Å²) in [7, 11) is 3.15. The molecule has 1 rings (SSSR count). The highest BCUT2D eigenvalue weighted by Gasteiger charge is 2.18. The van der Waals surface area contributed by atoms with E-state index >= 15 is 0 Å². The number of hydrogen-bond donors (Lipinski definition) is 0. The fourth-order valence-electron chi connectivity index (χ4n) is 1.24. The van der Waals surface area contributed by atoms with E-state index < -0.39 is 12.1 Å². The first kappa shape index (κ1) is 15.5. The van der Waals surface area contributed by atoms with E-state index in [1.165, 1.54) is 11.8 Å². The third-order valence-electron chi connectivity index (χ3n) is 2.46. The van der Waals surface area contributed by atoms with Crippen molar-refractivity contribution < 1.29 is 19.1 Å². The highest BCUT2D eigenvalue weighted by atomic mass is 16.6. The number of likely N-dealkylation sites (N-methyl/N-ethyl adjacent to an activating group) is 1. The largest absolute Gasteiger partial charge is 0.479 e. The van der Waals surface area contributed by atoms with E-state index in [1.54, 1.807) is 38.4 Å². The van der Waals surface area contributed by atoms with Crippen LogP contribution in [0.4, 0.5) is 0 Å². The lowest BCUT2D eigenvalue weighted by atomic mass is 10.2. The number of carbonyl (C=O) groups is 2. The molecule has 106 valence electrons. The van der Waals surface area contributed by atoms with Crippen molar-refractivity contribution in [3.63, 3.8) is 0 Å². The van der Waals surface area contributed by atoms with Crippen molar-refractivity contribution in [3.8, 4) is 11.8 Å². The van der Waals surface area contributed by atoms with E-state index in [1.807, 2.05) is 6.07 Å². The van der Waals surface area contributed by atoms with Gasteiger partial charge >= 0.3 is 5.97 Å². The second-order valence-electron chi connectivity index (χ2n) is 4.29. The predicted molar refractivity (Wildman–Crippen MR) is 70.9 cm³/mol. The first-order valence-corrected chi connectivity index (χ1v) is 5.97. The van der Waals surface area contributed by atoms with E-state index in [4.69, 9.17) is 14.7 Å². The van der Waals surface area contributed by atoms with Crippen molar-refractivity contribution in [2.24, 2.45) is 0 Å². The number of nitrogens with zero attached hydrogens (tertiary/aromatic N) is 2. The Bertz CT molecular complexity index is 517. The normalized spacial score (nSPS) is 11.1. The minimum Gasteiger partial charge on any atom is -0.479 e. The lowest BCUT2D eigenvalue weighted by molar-refractivity contribution is -0.156. The van der Waals surface area contributed by atoms with Gasteiger partial charge in [-0.05, 0) is 31.2 Å². The molecule has 0 bridgehead atoms. The molecule has 0 aromatic heterocycles. The Morgan fingerprint density at radius 2 is 1.90 bits per heavy atom. The molecular weight excluding hydrogens is 260 g/mol. The molecule has 0 spiro atoms. The van der Waals surface area contributed by atoms with Crippen LogP contribution >= 0.6 is 0 Å². The van der Waals surface area contributed by atoms with Crippen molar-refractivity contribution in [3.05, 3.63) is 29.8 Å². The fourth-order valence-corrected chi connectivity index (χ4v) is 1.24. The zero-order valence-corrected chi connectivity index (χ0v) is 11.6. The molecule has 1 amide bonds. The van der Waals surface area contributed by atoms with E-state index in [0.29, 0.717) is 11.3 Å². The van der Waals surface area contributed by atoms with Gasteiger partial charge in [0.05, 0.1) is 11.6 Å². The average molecular weight is 276 g/mol. The first-order chi connectivity index (χ1) is 9.43. The van der Waals surface area contributed by atoms with Crippen molar-refractivity contribution in [2.75, 3.05) is 20.7 Å². The molecule has 6 nitrogen and oxygen atoms in total. The molecule has 0 aliphatic carbocycles. The van der Waals surface area contributed by atoms with E-state index in [0.717, 1.165) is 0 Å². The van der Waals surface area contributed by atoms with Crippen LogP contribution in [0.2, 0.25) is 0 Å². The molecule has 0 N–H and O–H groups in total. The highest BCUT2D eigenvalue weighted by Crippen LogP contribution is 2.13. The van der Waals surface area contributed by atoms with Crippen LogP contribution in [0.3, 0.4) is 0 Å². The average Bonchev–Trinajstić information content (AvgIpc) is 2.44. The molecule has 0 radical (unpaired) electrons. The number of carbonyl (C=O) groups excluding carboxylic acids is 2. The van der Waals surface area contributed by atoms with Gasteiger partial charge in [0.1, 0.15) is 5.75 Å². The highest BCUT2D eigenvalue weighted by molar-refractivity contribution is 5.81. The van der Waals surface area contributed by atoms with E-state index in [2.05, 4.69) is 0 Å². The Morgan fingerprint density at radius 1 is 1.30 bits per heavy atom. The number of ether oxygens (including phenoxy) is 2. The van der Waals surface area contributed by atoms with Gasteiger partial charge in [0.2, 0.25) is 0 Å². The Kier molecular flexibility index (Phi) is 5.54. The molecule has 1 aromatic rings. The molecule has 20 heavy (non-hydrogen) atoms. The molecular formula is C14H16N2O4. The van der Waals surface area contributed by atoms with Gasteiger partial charge in [-0.15, -0.1) is 0 Å². The van der Waals surface area contributed by atoms with Gasteiger partial charge in [-0.2, -0.15) is 5.26 Å². The van der Waals surface area contributed by atoms with Crippen LogP contribution in [0.15, 0.2) is 24.3 Å². The van der Waals surface area contributed by atoms with E-state index in [-0.39, 0.29) is 12.5 Å². The summed E-state index contributed by atoms with van der Waals surface area (Å²) in [6.45, 7) is 1.22. The number of esters is 1. The summed E-state index contributed by atoms with van der Waals surface area (Å²) in [6, 6.07) is 8.34. The molecule has 1 aromatic carbocycles.